The number of benzene rings is 1. The van der Waals surface area contributed by atoms with Crippen molar-refractivity contribution in [1.29, 1.82) is 0 Å². The van der Waals surface area contributed by atoms with Crippen molar-refractivity contribution in [2.24, 2.45) is 0 Å². The standard InChI is InChI=1S/C24H33NO4/c1-14-12-21(20(7)25(14)10-9-11-28-8)22(26)13-29-24(27)23-18(5)16(3)15(2)17(4)19(23)6/h12H,9-11,13H2,1-8H3. The average Bonchev–Trinajstić information content (AvgIpc) is 2.97. The number of aryl methyl sites for hydroxylation is 1. The number of methoxy groups -OCH3 is 1. The van der Waals surface area contributed by atoms with Crippen molar-refractivity contribution in [3.63, 3.8) is 0 Å². The fraction of sp³-hybridized carbons (Fsp3) is 0.500. The summed E-state index contributed by atoms with van der Waals surface area (Å²) in [6, 6.07) is 1.87. The van der Waals surface area contributed by atoms with E-state index in [9.17, 15) is 9.59 Å². The van der Waals surface area contributed by atoms with Crippen LogP contribution in [0.4, 0.5) is 0 Å². The monoisotopic (exact) mass is 399 g/mol. The Kier molecular flexibility index (Phi) is 7.42. The van der Waals surface area contributed by atoms with Gasteiger partial charge in [-0.1, -0.05) is 0 Å². The minimum atomic E-state index is -0.437. The lowest BCUT2D eigenvalue weighted by atomic mass is 9.90. The highest BCUT2D eigenvalue weighted by molar-refractivity contribution is 6.01. The fourth-order valence-electron chi connectivity index (χ4n) is 3.88. The Morgan fingerprint density at radius 1 is 0.897 bits per heavy atom. The number of hydrogen-bond donors (Lipinski definition) is 0. The van der Waals surface area contributed by atoms with Crippen molar-refractivity contribution in [2.75, 3.05) is 20.3 Å². The summed E-state index contributed by atoms with van der Waals surface area (Å²) in [6.45, 7) is 15.1. The van der Waals surface area contributed by atoms with E-state index in [2.05, 4.69) is 11.5 Å². The molecule has 2 aromatic rings. The number of aromatic nitrogens is 1. The summed E-state index contributed by atoms with van der Waals surface area (Å²) in [5.74, 6) is -0.617. The first-order chi connectivity index (χ1) is 13.6. The molecule has 1 heterocycles. The van der Waals surface area contributed by atoms with Crippen LogP contribution in [0, 0.1) is 48.5 Å². The van der Waals surface area contributed by atoms with Crippen LogP contribution in [0.2, 0.25) is 0 Å². The number of carbonyl (C=O) groups is 2. The Balaban J connectivity index is 2.16. The molecular weight excluding hydrogens is 366 g/mol. The molecule has 0 saturated carbocycles. The maximum Gasteiger partial charge on any atom is 0.339 e. The van der Waals surface area contributed by atoms with Crippen LogP contribution >= 0.6 is 0 Å². The van der Waals surface area contributed by atoms with Gasteiger partial charge in [0.1, 0.15) is 0 Å². The first-order valence-electron chi connectivity index (χ1n) is 10.0. The predicted molar refractivity (Wildman–Crippen MR) is 115 cm³/mol. The molecule has 1 aromatic carbocycles. The van der Waals surface area contributed by atoms with Gasteiger partial charge in [0, 0.05) is 37.2 Å². The van der Waals surface area contributed by atoms with Crippen LogP contribution in [0.3, 0.4) is 0 Å². The molecule has 0 atom stereocenters. The molecule has 0 N–H and O–H groups in total. The number of Topliss-reactive ketones (excluding diaryl/α,β-unsaturated/α-hetero) is 1. The SMILES string of the molecule is COCCCn1c(C)cc(C(=O)COC(=O)c2c(C)c(C)c(C)c(C)c2C)c1C. The maximum absolute atomic E-state index is 12.8. The van der Waals surface area contributed by atoms with Crippen LogP contribution in [-0.2, 0) is 16.0 Å². The number of rotatable bonds is 8. The van der Waals surface area contributed by atoms with E-state index in [0.29, 0.717) is 17.7 Å². The number of ketones is 1. The second-order valence-electron chi connectivity index (χ2n) is 7.78. The zero-order valence-electron chi connectivity index (χ0n) is 19.0. The van der Waals surface area contributed by atoms with Gasteiger partial charge in [0.15, 0.2) is 6.61 Å². The Hall–Kier alpha value is -2.40. The molecular formula is C24H33NO4. The van der Waals surface area contributed by atoms with E-state index in [1.165, 1.54) is 5.56 Å². The predicted octanol–water partition coefficient (Wildman–Crippen LogP) is 4.72. The van der Waals surface area contributed by atoms with Crippen LogP contribution in [0.1, 0.15) is 66.3 Å². The van der Waals surface area contributed by atoms with Gasteiger partial charge in [-0.3, -0.25) is 4.79 Å². The molecule has 0 aliphatic rings. The van der Waals surface area contributed by atoms with E-state index in [0.717, 1.165) is 46.6 Å². The molecule has 0 spiro atoms. The van der Waals surface area contributed by atoms with E-state index >= 15 is 0 Å². The Labute approximate surface area is 174 Å². The summed E-state index contributed by atoms with van der Waals surface area (Å²) < 4.78 is 12.7. The Morgan fingerprint density at radius 3 is 2.00 bits per heavy atom. The summed E-state index contributed by atoms with van der Waals surface area (Å²) in [4.78, 5) is 25.5. The van der Waals surface area contributed by atoms with Crippen molar-refractivity contribution < 1.29 is 19.1 Å². The number of hydrogen-bond acceptors (Lipinski definition) is 4. The molecule has 0 radical (unpaired) electrons. The normalized spacial score (nSPS) is 11.0. The summed E-state index contributed by atoms with van der Waals surface area (Å²) >= 11 is 0. The molecule has 0 saturated heterocycles. The van der Waals surface area contributed by atoms with Gasteiger partial charge in [0.05, 0.1) is 5.56 Å². The van der Waals surface area contributed by atoms with Crippen LogP contribution in [-0.4, -0.2) is 36.6 Å². The smallest absolute Gasteiger partial charge is 0.339 e. The maximum atomic E-state index is 12.8. The highest BCUT2D eigenvalue weighted by atomic mass is 16.5. The van der Waals surface area contributed by atoms with E-state index in [4.69, 9.17) is 9.47 Å². The molecule has 0 amide bonds. The van der Waals surface area contributed by atoms with Gasteiger partial charge < -0.3 is 14.0 Å². The molecule has 29 heavy (non-hydrogen) atoms. The van der Waals surface area contributed by atoms with Crippen LogP contribution in [0.25, 0.3) is 0 Å². The highest BCUT2D eigenvalue weighted by Gasteiger charge is 2.22. The van der Waals surface area contributed by atoms with Gasteiger partial charge in [-0.15, -0.1) is 0 Å². The summed E-state index contributed by atoms with van der Waals surface area (Å²) in [5, 5.41) is 0. The molecule has 5 nitrogen and oxygen atoms in total. The molecule has 0 bridgehead atoms. The molecule has 0 fully saturated rings. The third-order valence-electron chi connectivity index (χ3n) is 6.14. The lowest BCUT2D eigenvalue weighted by Crippen LogP contribution is -2.18. The molecule has 2 rings (SSSR count). The Bertz CT molecular complexity index is 908. The molecule has 0 aliphatic heterocycles. The van der Waals surface area contributed by atoms with Crippen LogP contribution in [0.15, 0.2) is 6.07 Å². The largest absolute Gasteiger partial charge is 0.454 e. The minimum Gasteiger partial charge on any atom is -0.454 e. The number of carbonyl (C=O) groups excluding carboxylic acids is 2. The average molecular weight is 400 g/mol. The fourth-order valence-corrected chi connectivity index (χ4v) is 3.88. The third kappa shape index (κ3) is 4.61. The number of ether oxygens (including phenoxy) is 2. The number of nitrogens with zero attached hydrogens (tertiary/aromatic N) is 1. The van der Waals surface area contributed by atoms with E-state index in [1.54, 1.807) is 7.11 Å². The van der Waals surface area contributed by atoms with Crippen molar-refractivity contribution in [2.45, 2.75) is 61.4 Å². The van der Waals surface area contributed by atoms with Gasteiger partial charge in [-0.25, -0.2) is 4.79 Å². The zero-order valence-corrected chi connectivity index (χ0v) is 19.0. The van der Waals surface area contributed by atoms with E-state index in [-0.39, 0.29) is 12.4 Å². The second kappa shape index (κ2) is 9.40. The zero-order chi connectivity index (χ0) is 21.9. The first kappa shape index (κ1) is 22.9. The molecule has 0 unspecified atom stereocenters. The van der Waals surface area contributed by atoms with Crippen molar-refractivity contribution in [3.05, 3.63) is 56.4 Å². The Morgan fingerprint density at radius 2 is 1.45 bits per heavy atom. The lowest BCUT2D eigenvalue weighted by molar-refractivity contribution is 0.0472. The minimum absolute atomic E-state index is 0.180. The third-order valence-corrected chi connectivity index (χ3v) is 6.14. The molecule has 5 heteroatoms. The topological polar surface area (TPSA) is 57.5 Å². The second-order valence-corrected chi connectivity index (χ2v) is 7.78. The molecule has 158 valence electrons. The van der Waals surface area contributed by atoms with Gasteiger partial charge in [-0.2, -0.15) is 0 Å². The molecule has 0 aliphatic carbocycles. The number of esters is 1. The van der Waals surface area contributed by atoms with Gasteiger partial charge in [0.25, 0.3) is 0 Å². The van der Waals surface area contributed by atoms with Crippen LogP contribution < -0.4 is 0 Å². The van der Waals surface area contributed by atoms with Crippen molar-refractivity contribution in [3.8, 4) is 0 Å². The van der Waals surface area contributed by atoms with Gasteiger partial charge >= 0.3 is 5.97 Å². The highest BCUT2D eigenvalue weighted by Crippen LogP contribution is 2.26. The van der Waals surface area contributed by atoms with E-state index < -0.39 is 5.97 Å². The van der Waals surface area contributed by atoms with Crippen molar-refractivity contribution >= 4 is 11.8 Å². The van der Waals surface area contributed by atoms with E-state index in [1.807, 2.05) is 47.6 Å². The van der Waals surface area contributed by atoms with Gasteiger partial charge in [0.2, 0.25) is 5.78 Å². The molecule has 1 aromatic heterocycles. The summed E-state index contributed by atoms with van der Waals surface area (Å²) in [5.41, 5.74) is 8.30. The summed E-state index contributed by atoms with van der Waals surface area (Å²) in [7, 11) is 1.68. The van der Waals surface area contributed by atoms with Crippen molar-refractivity contribution in [1.82, 2.24) is 4.57 Å². The first-order valence-corrected chi connectivity index (χ1v) is 10.0. The summed E-state index contributed by atoms with van der Waals surface area (Å²) in [6.07, 6.45) is 0.875. The van der Waals surface area contributed by atoms with Crippen LogP contribution in [0.5, 0.6) is 0 Å². The van der Waals surface area contributed by atoms with Gasteiger partial charge in [-0.05, 0) is 88.8 Å². The quantitative estimate of drug-likeness (QED) is 0.366. The lowest BCUT2D eigenvalue weighted by Gasteiger charge is -2.17.